The number of ether oxygens (including phenoxy) is 2. The van der Waals surface area contributed by atoms with Crippen LogP contribution in [0, 0.1) is 6.92 Å². The highest BCUT2D eigenvalue weighted by atomic mass is 16.5. The minimum Gasteiger partial charge on any atom is -0.490 e. The maximum Gasteiger partial charge on any atom is 0.134 e. The molecule has 1 N–H and O–H groups in total. The van der Waals surface area contributed by atoms with Crippen LogP contribution in [0.25, 0.3) is 0 Å². The normalized spacial score (nSPS) is 27.7. The van der Waals surface area contributed by atoms with Gasteiger partial charge in [0.1, 0.15) is 18.0 Å². The quantitative estimate of drug-likeness (QED) is 0.927. The lowest BCUT2D eigenvalue weighted by Crippen LogP contribution is -2.51. The molecule has 22 heavy (non-hydrogen) atoms. The van der Waals surface area contributed by atoms with E-state index < -0.39 is 5.60 Å². The smallest absolute Gasteiger partial charge is 0.134 e. The molecule has 2 aliphatic rings. The Morgan fingerprint density at radius 3 is 2.95 bits per heavy atom. The molecule has 0 unspecified atom stereocenters. The van der Waals surface area contributed by atoms with Gasteiger partial charge in [0.25, 0.3) is 0 Å². The molecule has 2 fully saturated rings. The van der Waals surface area contributed by atoms with E-state index in [4.69, 9.17) is 9.47 Å². The SMILES string of the molecule is Cc1cccc(OC[C@@]2(O)COCCN(C3CCCC3)C2)c1. The van der Waals surface area contributed by atoms with E-state index in [1.165, 1.54) is 25.7 Å². The van der Waals surface area contributed by atoms with Crippen LogP contribution in [0.5, 0.6) is 5.75 Å². The Labute approximate surface area is 133 Å². The molecule has 1 aromatic rings. The van der Waals surface area contributed by atoms with Crippen molar-refractivity contribution in [3.63, 3.8) is 0 Å². The second-order valence-electron chi connectivity index (χ2n) is 6.79. The third-order valence-electron chi connectivity index (χ3n) is 4.73. The Morgan fingerprint density at radius 2 is 2.18 bits per heavy atom. The molecule has 0 radical (unpaired) electrons. The molecule has 4 nitrogen and oxygen atoms in total. The van der Waals surface area contributed by atoms with Gasteiger partial charge in [0.15, 0.2) is 0 Å². The summed E-state index contributed by atoms with van der Waals surface area (Å²) < 4.78 is 11.5. The van der Waals surface area contributed by atoms with Gasteiger partial charge < -0.3 is 14.6 Å². The summed E-state index contributed by atoms with van der Waals surface area (Å²) in [4.78, 5) is 2.40. The number of β-amino-alcohol motifs (C(OH)–C–C–N with tert-alkyl or cyclic N) is 1. The Morgan fingerprint density at radius 1 is 1.36 bits per heavy atom. The molecule has 0 bridgehead atoms. The van der Waals surface area contributed by atoms with Gasteiger partial charge >= 0.3 is 0 Å². The minimum absolute atomic E-state index is 0.277. The van der Waals surface area contributed by atoms with E-state index in [1.54, 1.807) is 0 Å². The van der Waals surface area contributed by atoms with Crippen molar-refractivity contribution >= 4 is 0 Å². The second kappa shape index (κ2) is 6.99. The fourth-order valence-electron chi connectivity index (χ4n) is 3.54. The fraction of sp³-hybridized carbons (Fsp3) is 0.667. The molecule has 1 aliphatic carbocycles. The molecule has 1 saturated carbocycles. The van der Waals surface area contributed by atoms with Crippen LogP contribution in [0.2, 0.25) is 0 Å². The maximum absolute atomic E-state index is 10.9. The maximum atomic E-state index is 10.9. The average molecular weight is 305 g/mol. The molecule has 1 aliphatic heterocycles. The summed E-state index contributed by atoms with van der Waals surface area (Å²) in [6, 6.07) is 8.55. The van der Waals surface area contributed by atoms with Crippen molar-refractivity contribution < 1.29 is 14.6 Å². The summed E-state index contributed by atoms with van der Waals surface area (Å²) in [6.07, 6.45) is 5.10. The Bertz CT molecular complexity index is 487. The zero-order valence-corrected chi connectivity index (χ0v) is 13.5. The van der Waals surface area contributed by atoms with E-state index in [1.807, 2.05) is 31.2 Å². The Kier molecular flexibility index (Phi) is 5.01. The van der Waals surface area contributed by atoms with Gasteiger partial charge in [-0.1, -0.05) is 25.0 Å². The Balaban J connectivity index is 1.62. The van der Waals surface area contributed by atoms with E-state index in [0.717, 1.165) is 17.9 Å². The fourth-order valence-corrected chi connectivity index (χ4v) is 3.54. The summed E-state index contributed by atoms with van der Waals surface area (Å²) in [5, 5.41) is 10.9. The Hall–Kier alpha value is -1.10. The highest BCUT2D eigenvalue weighted by Gasteiger charge is 2.36. The first-order chi connectivity index (χ1) is 10.6. The van der Waals surface area contributed by atoms with E-state index in [-0.39, 0.29) is 6.61 Å². The zero-order valence-electron chi connectivity index (χ0n) is 13.5. The molecule has 1 heterocycles. The number of hydrogen-bond acceptors (Lipinski definition) is 4. The lowest BCUT2D eigenvalue weighted by atomic mass is 10.0. The van der Waals surface area contributed by atoms with Gasteiger partial charge in [-0.3, -0.25) is 4.90 Å². The second-order valence-corrected chi connectivity index (χ2v) is 6.79. The van der Waals surface area contributed by atoms with Crippen molar-refractivity contribution in [3.05, 3.63) is 29.8 Å². The molecule has 1 aromatic carbocycles. The molecule has 0 amide bonds. The van der Waals surface area contributed by atoms with Gasteiger partial charge in [-0.15, -0.1) is 0 Å². The first kappa shape index (κ1) is 15.8. The lowest BCUT2D eigenvalue weighted by molar-refractivity contribution is -0.0669. The molecule has 1 atom stereocenters. The standard InChI is InChI=1S/C18H27NO3/c1-15-5-4-8-17(11-15)22-14-18(20)12-19(9-10-21-13-18)16-6-2-3-7-16/h4-5,8,11,16,20H,2-3,6-7,9-10,12-14H2,1H3/t18-/m0/s1. The van der Waals surface area contributed by atoms with E-state index in [2.05, 4.69) is 4.90 Å². The third-order valence-corrected chi connectivity index (χ3v) is 4.73. The highest BCUT2D eigenvalue weighted by Crippen LogP contribution is 2.26. The zero-order chi connectivity index (χ0) is 15.4. The van der Waals surface area contributed by atoms with Gasteiger partial charge in [0, 0.05) is 19.1 Å². The number of rotatable bonds is 4. The number of nitrogens with zero attached hydrogens (tertiary/aromatic N) is 1. The van der Waals surface area contributed by atoms with Crippen LogP contribution in [0.15, 0.2) is 24.3 Å². The molecule has 0 aromatic heterocycles. The summed E-state index contributed by atoms with van der Waals surface area (Å²) >= 11 is 0. The van der Waals surface area contributed by atoms with Gasteiger partial charge in [0.2, 0.25) is 0 Å². The molecule has 3 rings (SSSR count). The van der Waals surface area contributed by atoms with Crippen LogP contribution in [0.4, 0.5) is 0 Å². The van der Waals surface area contributed by atoms with Crippen LogP contribution in [-0.4, -0.2) is 54.6 Å². The predicted molar refractivity (Wildman–Crippen MR) is 86.3 cm³/mol. The monoisotopic (exact) mass is 305 g/mol. The van der Waals surface area contributed by atoms with Gasteiger partial charge in [-0.2, -0.15) is 0 Å². The molecule has 4 heteroatoms. The average Bonchev–Trinajstić information content (AvgIpc) is 2.96. The van der Waals surface area contributed by atoms with Crippen molar-refractivity contribution in [2.75, 3.05) is 32.9 Å². The van der Waals surface area contributed by atoms with Gasteiger partial charge in [0.05, 0.1) is 13.2 Å². The van der Waals surface area contributed by atoms with E-state index >= 15 is 0 Å². The first-order valence-electron chi connectivity index (χ1n) is 8.38. The number of aliphatic hydroxyl groups is 1. The largest absolute Gasteiger partial charge is 0.490 e. The predicted octanol–water partition coefficient (Wildman–Crippen LogP) is 2.38. The van der Waals surface area contributed by atoms with Crippen LogP contribution in [0.3, 0.4) is 0 Å². The van der Waals surface area contributed by atoms with Gasteiger partial charge in [-0.05, 0) is 37.5 Å². The van der Waals surface area contributed by atoms with Crippen molar-refractivity contribution in [1.29, 1.82) is 0 Å². The van der Waals surface area contributed by atoms with Crippen molar-refractivity contribution in [1.82, 2.24) is 4.90 Å². The summed E-state index contributed by atoms with van der Waals surface area (Å²) in [6.45, 7) is 4.92. The van der Waals surface area contributed by atoms with E-state index in [0.29, 0.717) is 25.8 Å². The number of benzene rings is 1. The van der Waals surface area contributed by atoms with Crippen LogP contribution < -0.4 is 4.74 Å². The lowest BCUT2D eigenvalue weighted by Gasteiger charge is -2.33. The summed E-state index contributed by atoms with van der Waals surface area (Å²) in [5.41, 5.74) is 0.234. The van der Waals surface area contributed by atoms with Crippen LogP contribution in [-0.2, 0) is 4.74 Å². The molecule has 122 valence electrons. The van der Waals surface area contributed by atoms with Crippen molar-refractivity contribution in [3.8, 4) is 5.75 Å². The van der Waals surface area contributed by atoms with Crippen LogP contribution >= 0.6 is 0 Å². The van der Waals surface area contributed by atoms with E-state index in [9.17, 15) is 5.11 Å². The highest BCUT2D eigenvalue weighted by molar-refractivity contribution is 5.27. The van der Waals surface area contributed by atoms with Crippen LogP contribution in [0.1, 0.15) is 31.2 Å². The number of hydrogen-bond donors (Lipinski definition) is 1. The molecule has 1 saturated heterocycles. The summed E-state index contributed by atoms with van der Waals surface area (Å²) in [5.74, 6) is 0.810. The number of aryl methyl sites for hydroxylation is 1. The van der Waals surface area contributed by atoms with Crippen molar-refractivity contribution in [2.24, 2.45) is 0 Å². The summed E-state index contributed by atoms with van der Waals surface area (Å²) in [7, 11) is 0. The molecular formula is C18H27NO3. The van der Waals surface area contributed by atoms with Crippen molar-refractivity contribution in [2.45, 2.75) is 44.2 Å². The molecular weight excluding hydrogens is 278 g/mol. The topological polar surface area (TPSA) is 41.9 Å². The molecule has 0 spiro atoms. The first-order valence-corrected chi connectivity index (χ1v) is 8.38. The minimum atomic E-state index is -0.928. The van der Waals surface area contributed by atoms with Gasteiger partial charge in [-0.25, -0.2) is 0 Å². The third kappa shape index (κ3) is 4.00.